The zero-order valence-electron chi connectivity index (χ0n) is 23.9. The SMILES string of the molecule is C=CC(=O)N1CCN(c2c(C#N)c(=O)n3c4c(c(-c5ccc(F)cc5F)c(Cl)cc24)OCC3CCCN2CCC2)[C@@H](C)C1. The number of amides is 1. The number of benzene rings is 2. The monoisotopic (exact) mass is 607 g/mol. The van der Waals surface area contributed by atoms with Crippen LogP contribution in [-0.2, 0) is 4.79 Å². The zero-order chi connectivity index (χ0) is 30.4. The minimum absolute atomic E-state index is 0.0137. The van der Waals surface area contributed by atoms with Gasteiger partial charge in [-0.2, -0.15) is 5.26 Å². The molecule has 1 amide bonds. The van der Waals surface area contributed by atoms with Crippen LogP contribution in [0.25, 0.3) is 22.0 Å². The second kappa shape index (κ2) is 11.6. The highest BCUT2D eigenvalue weighted by atomic mass is 35.5. The van der Waals surface area contributed by atoms with E-state index < -0.39 is 17.2 Å². The zero-order valence-corrected chi connectivity index (χ0v) is 24.7. The average Bonchev–Trinajstić information content (AvgIpc) is 2.96. The molecule has 1 aromatic heterocycles. The lowest BCUT2D eigenvalue weighted by Crippen LogP contribution is -2.54. The number of hydrogen-bond donors (Lipinski definition) is 0. The van der Waals surface area contributed by atoms with Gasteiger partial charge in [-0.1, -0.05) is 18.2 Å². The molecule has 2 aromatic carbocycles. The van der Waals surface area contributed by atoms with Crippen LogP contribution in [-0.4, -0.2) is 72.2 Å². The third-order valence-corrected chi connectivity index (χ3v) is 9.13. The van der Waals surface area contributed by atoms with Crippen molar-refractivity contribution >= 4 is 34.1 Å². The molecule has 3 aliphatic heterocycles. The molecule has 2 atom stereocenters. The lowest BCUT2D eigenvalue weighted by atomic mass is 9.96. The van der Waals surface area contributed by atoms with E-state index in [9.17, 15) is 19.2 Å². The Bertz CT molecular complexity index is 1730. The summed E-state index contributed by atoms with van der Waals surface area (Å²) in [7, 11) is 0. The number of carbonyl (C=O) groups excluding carboxylic acids is 1. The van der Waals surface area contributed by atoms with E-state index in [0.29, 0.717) is 42.6 Å². The molecule has 0 aliphatic carbocycles. The molecule has 6 rings (SSSR count). The molecule has 0 saturated carbocycles. The van der Waals surface area contributed by atoms with E-state index in [4.69, 9.17) is 16.3 Å². The minimum Gasteiger partial charge on any atom is -0.488 e. The van der Waals surface area contributed by atoms with Crippen molar-refractivity contribution in [1.29, 1.82) is 5.26 Å². The maximum absolute atomic E-state index is 15.1. The van der Waals surface area contributed by atoms with E-state index in [1.165, 1.54) is 18.6 Å². The topological polar surface area (TPSA) is 81.8 Å². The normalized spacial score (nSPS) is 20.0. The van der Waals surface area contributed by atoms with Crippen molar-refractivity contribution < 1.29 is 18.3 Å². The maximum atomic E-state index is 15.1. The fourth-order valence-corrected chi connectivity index (χ4v) is 6.86. The van der Waals surface area contributed by atoms with Crippen molar-refractivity contribution in [3.8, 4) is 22.9 Å². The second-order valence-corrected chi connectivity index (χ2v) is 11.8. The third-order valence-electron chi connectivity index (χ3n) is 8.83. The molecule has 0 bridgehead atoms. The molecule has 8 nitrogen and oxygen atoms in total. The first-order chi connectivity index (χ1) is 20.7. The molecule has 0 N–H and O–H groups in total. The Balaban J connectivity index is 1.56. The van der Waals surface area contributed by atoms with Gasteiger partial charge in [0.05, 0.1) is 22.3 Å². The summed E-state index contributed by atoms with van der Waals surface area (Å²) in [6.45, 7) is 9.80. The lowest BCUT2D eigenvalue weighted by Gasteiger charge is -2.42. The number of nitriles is 1. The van der Waals surface area contributed by atoms with Gasteiger partial charge in [0.2, 0.25) is 5.91 Å². The number of ether oxygens (including phenoxy) is 1. The largest absolute Gasteiger partial charge is 0.488 e. The molecule has 4 heterocycles. The number of aromatic nitrogens is 1. The van der Waals surface area contributed by atoms with Crippen LogP contribution in [0.1, 0.15) is 37.8 Å². The average molecular weight is 608 g/mol. The Morgan fingerprint density at radius 1 is 1.23 bits per heavy atom. The maximum Gasteiger partial charge on any atom is 0.271 e. The smallest absolute Gasteiger partial charge is 0.271 e. The van der Waals surface area contributed by atoms with Gasteiger partial charge in [-0.3, -0.25) is 14.2 Å². The highest BCUT2D eigenvalue weighted by molar-refractivity contribution is 6.35. The van der Waals surface area contributed by atoms with E-state index in [1.54, 1.807) is 15.5 Å². The van der Waals surface area contributed by atoms with Gasteiger partial charge in [0, 0.05) is 48.3 Å². The molecule has 224 valence electrons. The predicted octanol–water partition coefficient (Wildman–Crippen LogP) is 5.11. The molecule has 0 spiro atoms. The van der Waals surface area contributed by atoms with Crippen LogP contribution < -0.4 is 15.2 Å². The van der Waals surface area contributed by atoms with Gasteiger partial charge in [0.25, 0.3) is 5.56 Å². The summed E-state index contributed by atoms with van der Waals surface area (Å²) in [5, 5.41) is 11.1. The molecular formula is C32H32ClF2N5O3. The third kappa shape index (κ3) is 5.04. The molecule has 2 saturated heterocycles. The summed E-state index contributed by atoms with van der Waals surface area (Å²) in [6.07, 6.45) is 3.94. The Morgan fingerprint density at radius 3 is 2.67 bits per heavy atom. The second-order valence-electron chi connectivity index (χ2n) is 11.4. The molecule has 3 aliphatic rings. The van der Waals surface area contributed by atoms with E-state index >= 15 is 4.39 Å². The number of nitrogens with zero attached hydrogens (tertiary/aromatic N) is 5. The standard InChI is InChI=1S/C32H32ClF2N5O3/c1-3-27(41)38-12-13-39(19(2)17-38)29-23-15-25(33)28(22-8-7-20(34)14-26(22)35)31-30(23)40(32(42)24(29)16-36)21(18-43-31)6-4-9-37-10-5-11-37/h3,7-8,14-15,19,21H,1,4-6,9-13,17-18H2,2H3/t19-,21?/m0/s1. The van der Waals surface area contributed by atoms with Gasteiger partial charge in [-0.25, -0.2) is 8.78 Å². The lowest BCUT2D eigenvalue weighted by molar-refractivity contribution is -0.126. The highest BCUT2D eigenvalue weighted by Crippen LogP contribution is 2.48. The van der Waals surface area contributed by atoms with Crippen LogP contribution in [0.2, 0.25) is 5.02 Å². The number of carbonyl (C=O) groups is 1. The number of rotatable bonds is 7. The van der Waals surface area contributed by atoms with Crippen molar-refractivity contribution in [3.63, 3.8) is 0 Å². The van der Waals surface area contributed by atoms with Gasteiger partial charge in [0.15, 0.2) is 5.75 Å². The Morgan fingerprint density at radius 2 is 2.02 bits per heavy atom. The molecule has 0 radical (unpaired) electrons. The van der Waals surface area contributed by atoms with Crippen LogP contribution in [0.3, 0.4) is 0 Å². The summed E-state index contributed by atoms with van der Waals surface area (Å²) in [4.78, 5) is 32.6. The van der Waals surface area contributed by atoms with E-state index in [1.807, 2.05) is 11.8 Å². The Hall–Kier alpha value is -3.94. The molecule has 1 unspecified atom stereocenters. The van der Waals surface area contributed by atoms with Crippen molar-refractivity contribution in [1.82, 2.24) is 14.4 Å². The predicted molar refractivity (Wildman–Crippen MR) is 162 cm³/mol. The van der Waals surface area contributed by atoms with Gasteiger partial charge in [-0.15, -0.1) is 0 Å². The summed E-state index contributed by atoms with van der Waals surface area (Å²) in [5.41, 5.74) is 0.655. The Kier molecular flexibility index (Phi) is 7.88. The van der Waals surface area contributed by atoms with Crippen LogP contribution >= 0.6 is 11.6 Å². The van der Waals surface area contributed by atoms with Gasteiger partial charge >= 0.3 is 0 Å². The van der Waals surface area contributed by atoms with Crippen molar-refractivity contribution in [3.05, 3.63) is 69.5 Å². The Labute approximate surface area is 253 Å². The van der Waals surface area contributed by atoms with Crippen LogP contribution in [0.5, 0.6) is 5.75 Å². The summed E-state index contributed by atoms with van der Waals surface area (Å²) in [6, 6.07) is 6.46. The quantitative estimate of drug-likeness (QED) is 0.347. The fraction of sp³-hybridized carbons (Fsp3) is 0.406. The number of hydrogen-bond acceptors (Lipinski definition) is 6. The van der Waals surface area contributed by atoms with E-state index in [2.05, 4.69) is 17.5 Å². The molecule has 11 heteroatoms. The van der Waals surface area contributed by atoms with Gasteiger partial charge < -0.3 is 19.4 Å². The highest BCUT2D eigenvalue weighted by Gasteiger charge is 2.36. The summed E-state index contributed by atoms with van der Waals surface area (Å²) < 4.78 is 36.9. The van der Waals surface area contributed by atoms with Crippen molar-refractivity contribution in [2.75, 3.05) is 50.8 Å². The van der Waals surface area contributed by atoms with Crippen molar-refractivity contribution in [2.24, 2.45) is 0 Å². The van der Waals surface area contributed by atoms with Crippen LogP contribution in [0, 0.1) is 23.0 Å². The van der Waals surface area contributed by atoms with Crippen molar-refractivity contribution in [2.45, 2.75) is 38.3 Å². The minimum atomic E-state index is -0.808. The number of likely N-dealkylation sites (tertiary alicyclic amines) is 1. The molecule has 43 heavy (non-hydrogen) atoms. The fourth-order valence-electron chi connectivity index (χ4n) is 6.57. The first-order valence-corrected chi connectivity index (χ1v) is 14.9. The number of halogens is 3. The number of anilines is 1. The molecule has 3 aromatic rings. The number of piperazine rings is 1. The molecule has 2 fully saturated rings. The first-order valence-electron chi connectivity index (χ1n) is 14.6. The van der Waals surface area contributed by atoms with Crippen LogP contribution in [0.4, 0.5) is 14.5 Å². The van der Waals surface area contributed by atoms with Gasteiger partial charge in [0.1, 0.15) is 29.9 Å². The van der Waals surface area contributed by atoms with Gasteiger partial charge in [-0.05, 0) is 70.1 Å². The van der Waals surface area contributed by atoms with Crippen LogP contribution in [0.15, 0.2) is 41.7 Å². The van der Waals surface area contributed by atoms with E-state index in [0.717, 1.165) is 38.2 Å². The summed E-state index contributed by atoms with van der Waals surface area (Å²) in [5.74, 6) is -1.50. The summed E-state index contributed by atoms with van der Waals surface area (Å²) >= 11 is 6.85. The molecular weight excluding hydrogens is 576 g/mol. The number of pyridine rings is 1. The van der Waals surface area contributed by atoms with E-state index in [-0.39, 0.29) is 52.1 Å². The first kappa shape index (κ1) is 29.1.